The zero-order chi connectivity index (χ0) is 18.0. The van der Waals surface area contributed by atoms with Crippen LogP contribution in [0.25, 0.3) is 0 Å². The van der Waals surface area contributed by atoms with Crippen LogP contribution in [0.4, 0.5) is 19.0 Å². The zero-order valence-corrected chi connectivity index (χ0v) is 16.0. The van der Waals surface area contributed by atoms with Gasteiger partial charge in [-0.1, -0.05) is 11.6 Å². The smallest absolute Gasteiger partial charge is 0.354 e. The molecule has 3 heterocycles. The molecule has 0 atom stereocenters. The third kappa shape index (κ3) is 4.99. The highest BCUT2D eigenvalue weighted by atomic mass is 79.9. The van der Waals surface area contributed by atoms with Crippen LogP contribution < -0.4 is 4.90 Å². The van der Waals surface area contributed by atoms with Crippen molar-refractivity contribution < 1.29 is 13.2 Å². The molecular weight excluding hydrogens is 441 g/mol. The molecule has 0 aromatic carbocycles. The molecule has 0 amide bonds. The molecule has 1 aliphatic rings. The summed E-state index contributed by atoms with van der Waals surface area (Å²) in [7, 11) is 0. The van der Waals surface area contributed by atoms with Crippen molar-refractivity contribution in [3.05, 3.63) is 45.8 Å². The Balaban J connectivity index is 1.64. The molecular formula is C15H13BrClF3N4S. The van der Waals surface area contributed by atoms with Gasteiger partial charge in [0.2, 0.25) is 0 Å². The Morgan fingerprint density at radius 2 is 1.84 bits per heavy atom. The third-order valence-corrected chi connectivity index (χ3v) is 5.34. The molecule has 1 aliphatic heterocycles. The number of anilines is 1. The number of pyridine rings is 2. The second-order valence-corrected chi connectivity index (χ2v) is 7.73. The summed E-state index contributed by atoms with van der Waals surface area (Å²) in [5.41, 5.74) is -0.778. The van der Waals surface area contributed by atoms with Gasteiger partial charge in [-0.15, -0.1) is 0 Å². The van der Waals surface area contributed by atoms with Crippen LogP contribution in [-0.4, -0.2) is 40.5 Å². The molecule has 0 N–H and O–H groups in total. The van der Waals surface area contributed by atoms with Gasteiger partial charge in [-0.2, -0.15) is 13.2 Å². The lowest BCUT2D eigenvalue weighted by molar-refractivity contribution is -0.137. The average Bonchev–Trinajstić information content (AvgIpc) is 2.56. The Kier molecular flexibility index (Phi) is 5.77. The number of hydrogen-bond donors (Lipinski definition) is 0. The van der Waals surface area contributed by atoms with Crippen LogP contribution in [0.5, 0.6) is 0 Å². The summed E-state index contributed by atoms with van der Waals surface area (Å²) >= 11 is 10.6. The number of rotatable bonds is 3. The second kappa shape index (κ2) is 7.69. The molecule has 0 aliphatic carbocycles. The van der Waals surface area contributed by atoms with Gasteiger partial charge in [0.25, 0.3) is 0 Å². The van der Waals surface area contributed by atoms with Gasteiger partial charge in [0.05, 0.1) is 5.56 Å². The minimum Gasteiger partial charge on any atom is -0.354 e. The monoisotopic (exact) mass is 452 g/mol. The van der Waals surface area contributed by atoms with Crippen LogP contribution in [0, 0.1) is 0 Å². The molecule has 10 heteroatoms. The van der Waals surface area contributed by atoms with Crippen LogP contribution in [0.15, 0.2) is 40.0 Å². The van der Waals surface area contributed by atoms with Crippen molar-refractivity contribution in [2.75, 3.05) is 31.1 Å². The van der Waals surface area contributed by atoms with E-state index in [1.807, 2.05) is 17.0 Å². The van der Waals surface area contributed by atoms with E-state index in [2.05, 4.69) is 30.2 Å². The largest absolute Gasteiger partial charge is 0.416 e. The lowest BCUT2D eigenvalue weighted by Crippen LogP contribution is -2.43. The van der Waals surface area contributed by atoms with Crippen LogP contribution in [0.2, 0.25) is 5.15 Å². The Hall–Kier alpha value is -1.03. The Bertz CT molecular complexity index is 737. The van der Waals surface area contributed by atoms with Crippen LogP contribution in [-0.2, 0) is 6.18 Å². The van der Waals surface area contributed by atoms with E-state index in [-0.39, 0.29) is 11.0 Å². The molecule has 0 unspecified atom stereocenters. The first kappa shape index (κ1) is 18.8. The third-order valence-electron chi connectivity index (χ3n) is 3.61. The fraction of sp³-hybridized carbons (Fsp3) is 0.333. The number of nitrogens with zero attached hydrogens (tertiary/aromatic N) is 4. The molecule has 4 nitrogen and oxygen atoms in total. The number of piperazine rings is 1. The van der Waals surface area contributed by atoms with E-state index in [4.69, 9.17) is 11.6 Å². The van der Waals surface area contributed by atoms with E-state index in [1.54, 1.807) is 18.1 Å². The summed E-state index contributed by atoms with van der Waals surface area (Å²) in [6.07, 6.45) is -2.66. The van der Waals surface area contributed by atoms with E-state index in [0.29, 0.717) is 26.2 Å². The van der Waals surface area contributed by atoms with Crippen molar-refractivity contribution >= 4 is 45.3 Å². The summed E-state index contributed by atoms with van der Waals surface area (Å²) in [4.78, 5) is 11.0. The molecule has 1 saturated heterocycles. The van der Waals surface area contributed by atoms with Gasteiger partial charge in [0.15, 0.2) is 0 Å². The Labute approximate surface area is 160 Å². The minimum absolute atomic E-state index is 0.150. The first-order valence-corrected chi connectivity index (χ1v) is 9.30. The SMILES string of the molecule is FC(F)(F)c1cc(Cl)nc(N2CCN(Sc3ccc(Br)nc3)CC2)c1. The molecule has 3 rings (SSSR count). The van der Waals surface area contributed by atoms with Crippen molar-refractivity contribution in [3.8, 4) is 0 Å². The predicted molar refractivity (Wildman–Crippen MR) is 95.8 cm³/mol. The van der Waals surface area contributed by atoms with Gasteiger partial charge in [-0.05, 0) is 52.1 Å². The molecule has 25 heavy (non-hydrogen) atoms. The van der Waals surface area contributed by atoms with E-state index >= 15 is 0 Å². The number of halogens is 5. The first-order valence-electron chi connectivity index (χ1n) is 7.35. The van der Waals surface area contributed by atoms with E-state index in [1.165, 1.54) is 0 Å². The molecule has 2 aromatic heterocycles. The molecule has 0 bridgehead atoms. The van der Waals surface area contributed by atoms with Crippen molar-refractivity contribution in [1.82, 2.24) is 14.3 Å². The van der Waals surface area contributed by atoms with Gasteiger partial charge in [0, 0.05) is 37.3 Å². The first-order chi connectivity index (χ1) is 11.8. The molecule has 1 fully saturated rings. The summed E-state index contributed by atoms with van der Waals surface area (Å²) in [5, 5.41) is -0.150. The molecule has 2 aromatic rings. The summed E-state index contributed by atoms with van der Waals surface area (Å²) in [5.74, 6) is 0.259. The Morgan fingerprint density at radius 3 is 2.44 bits per heavy atom. The number of aromatic nitrogens is 2. The van der Waals surface area contributed by atoms with Crippen molar-refractivity contribution in [3.63, 3.8) is 0 Å². The zero-order valence-electron chi connectivity index (χ0n) is 12.8. The van der Waals surface area contributed by atoms with E-state index in [0.717, 1.165) is 21.6 Å². The maximum atomic E-state index is 12.9. The number of hydrogen-bond acceptors (Lipinski definition) is 5. The lowest BCUT2D eigenvalue weighted by Gasteiger charge is -2.34. The van der Waals surface area contributed by atoms with E-state index < -0.39 is 11.7 Å². The number of alkyl halides is 3. The highest BCUT2D eigenvalue weighted by Gasteiger charge is 2.32. The van der Waals surface area contributed by atoms with Gasteiger partial charge >= 0.3 is 6.18 Å². The van der Waals surface area contributed by atoms with Crippen molar-refractivity contribution in [1.29, 1.82) is 0 Å². The highest BCUT2D eigenvalue weighted by molar-refractivity contribution is 9.10. The maximum Gasteiger partial charge on any atom is 0.416 e. The topological polar surface area (TPSA) is 32.3 Å². The van der Waals surface area contributed by atoms with Gasteiger partial charge in [-0.25, -0.2) is 14.3 Å². The molecule has 0 radical (unpaired) electrons. The summed E-state index contributed by atoms with van der Waals surface area (Å²) in [6.45, 7) is 2.52. The maximum absolute atomic E-state index is 12.9. The predicted octanol–water partition coefficient (Wildman–Crippen LogP) is 4.74. The fourth-order valence-electron chi connectivity index (χ4n) is 2.38. The molecule has 0 saturated carbocycles. The van der Waals surface area contributed by atoms with Crippen LogP contribution in [0.1, 0.15) is 5.56 Å². The van der Waals surface area contributed by atoms with Gasteiger partial charge in [0.1, 0.15) is 15.6 Å². The van der Waals surface area contributed by atoms with Crippen molar-refractivity contribution in [2.24, 2.45) is 0 Å². The standard InChI is InChI=1S/C15H13BrClF3N4S/c16-12-2-1-11(9-21-12)25-24-5-3-23(4-6-24)14-8-10(15(18,19)20)7-13(17)22-14/h1-2,7-9H,3-6H2. The Morgan fingerprint density at radius 1 is 1.12 bits per heavy atom. The fourth-order valence-corrected chi connectivity index (χ4v) is 3.69. The quantitative estimate of drug-likeness (QED) is 0.495. The molecule has 0 spiro atoms. The van der Waals surface area contributed by atoms with Crippen LogP contribution in [0.3, 0.4) is 0 Å². The second-order valence-electron chi connectivity index (χ2n) is 5.36. The minimum atomic E-state index is -4.44. The van der Waals surface area contributed by atoms with Gasteiger partial charge < -0.3 is 4.90 Å². The van der Waals surface area contributed by atoms with Crippen LogP contribution >= 0.6 is 39.5 Å². The average molecular weight is 454 g/mol. The van der Waals surface area contributed by atoms with Gasteiger partial charge in [-0.3, -0.25) is 0 Å². The summed E-state index contributed by atoms with van der Waals surface area (Å²) < 4.78 is 41.7. The van der Waals surface area contributed by atoms with Crippen molar-refractivity contribution in [2.45, 2.75) is 11.1 Å². The lowest BCUT2D eigenvalue weighted by atomic mass is 10.2. The summed E-state index contributed by atoms with van der Waals surface area (Å²) in [6, 6.07) is 5.72. The normalized spacial score (nSPS) is 16.3. The van der Waals surface area contributed by atoms with E-state index in [9.17, 15) is 13.2 Å². The highest BCUT2D eigenvalue weighted by Crippen LogP contribution is 2.33. The molecule has 134 valence electrons.